The maximum atomic E-state index is 12.7. The average Bonchev–Trinajstić information content (AvgIpc) is 2.96. The SMILES string of the molecule is Nc1ncn(-c2ccc(Cl)cc2)c1C(=O)c1ccc([N+](=O)[O-])cc1. The third-order valence-electron chi connectivity index (χ3n) is 3.46. The first-order valence-electron chi connectivity index (χ1n) is 6.85. The summed E-state index contributed by atoms with van der Waals surface area (Å²) in [5.74, 6) is -0.303. The van der Waals surface area contributed by atoms with Gasteiger partial charge in [-0.25, -0.2) is 4.98 Å². The second kappa shape index (κ2) is 6.13. The van der Waals surface area contributed by atoms with Crippen molar-refractivity contribution in [1.29, 1.82) is 0 Å². The van der Waals surface area contributed by atoms with E-state index in [1.165, 1.54) is 30.6 Å². The smallest absolute Gasteiger partial charge is 0.269 e. The summed E-state index contributed by atoms with van der Waals surface area (Å²) in [5.41, 5.74) is 6.89. The third kappa shape index (κ3) is 2.84. The van der Waals surface area contributed by atoms with Crippen LogP contribution in [0, 0.1) is 10.1 Å². The summed E-state index contributed by atoms with van der Waals surface area (Å²) in [5, 5.41) is 11.3. The Morgan fingerprint density at radius 1 is 1.12 bits per heavy atom. The predicted octanol–water partition coefficient (Wildman–Crippen LogP) is 3.25. The molecule has 8 heteroatoms. The molecule has 2 N–H and O–H groups in total. The van der Waals surface area contributed by atoms with Crippen molar-refractivity contribution >= 4 is 28.9 Å². The van der Waals surface area contributed by atoms with Gasteiger partial charge in [0.05, 0.1) is 4.92 Å². The molecule has 0 aliphatic carbocycles. The number of nitrogens with zero attached hydrogens (tertiary/aromatic N) is 3. The van der Waals surface area contributed by atoms with E-state index < -0.39 is 4.92 Å². The minimum Gasteiger partial charge on any atom is -0.382 e. The van der Waals surface area contributed by atoms with E-state index in [9.17, 15) is 14.9 Å². The topological polar surface area (TPSA) is 104 Å². The van der Waals surface area contributed by atoms with Gasteiger partial charge in [-0.2, -0.15) is 0 Å². The molecule has 24 heavy (non-hydrogen) atoms. The second-order valence-electron chi connectivity index (χ2n) is 4.96. The summed E-state index contributed by atoms with van der Waals surface area (Å²) in [7, 11) is 0. The fourth-order valence-electron chi connectivity index (χ4n) is 2.26. The first-order chi connectivity index (χ1) is 11.5. The van der Waals surface area contributed by atoms with Crippen molar-refractivity contribution < 1.29 is 9.72 Å². The van der Waals surface area contributed by atoms with Gasteiger partial charge in [-0.05, 0) is 36.4 Å². The molecule has 0 unspecified atom stereocenters. The first-order valence-corrected chi connectivity index (χ1v) is 7.23. The number of hydrogen-bond donors (Lipinski definition) is 1. The van der Waals surface area contributed by atoms with E-state index in [-0.39, 0.29) is 28.5 Å². The highest BCUT2D eigenvalue weighted by atomic mass is 35.5. The zero-order valence-corrected chi connectivity index (χ0v) is 13.0. The third-order valence-corrected chi connectivity index (χ3v) is 3.71. The molecule has 0 saturated heterocycles. The van der Waals surface area contributed by atoms with Crippen LogP contribution < -0.4 is 5.73 Å². The van der Waals surface area contributed by atoms with Crippen molar-refractivity contribution in [2.75, 3.05) is 5.73 Å². The molecule has 0 aliphatic heterocycles. The van der Waals surface area contributed by atoms with Crippen LogP contribution in [0.5, 0.6) is 0 Å². The quantitative estimate of drug-likeness (QED) is 0.445. The van der Waals surface area contributed by atoms with Gasteiger partial charge >= 0.3 is 0 Å². The second-order valence-corrected chi connectivity index (χ2v) is 5.39. The summed E-state index contributed by atoms with van der Waals surface area (Å²) >= 11 is 5.87. The standard InChI is InChI=1S/C16H11ClN4O3/c17-11-3-7-12(8-4-11)20-9-19-16(18)14(20)15(22)10-1-5-13(6-2-10)21(23)24/h1-9H,18H2. The Morgan fingerprint density at radius 3 is 2.33 bits per heavy atom. The number of imidazole rings is 1. The van der Waals surface area contributed by atoms with Crippen LogP contribution in [0.25, 0.3) is 5.69 Å². The van der Waals surface area contributed by atoms with Gasteiger partial charge in [-0.15, -0.1) is 0 Å². The number of carbonyl (C=O) groups is 1. The number of benzene rings is 2. The molecule has 0 bridgehead atoms. The molecule has 0 spiro atoms. The molecule has 2 aromatic carbocycles. The monoisotopic (exact) mass is 342 g/mol. The molecule has 0 radical (unpaired) electrons. The number of nitrogen functional groups attached to an aromatic ring is 1. The maximum absolute atomic E-state index is 12.7. The van der Waals surface area contributed by atoms with Crippen LogP contribution in [0.3, 0.4) is 0 Å². The fourth-order valence-corrected chi connectivity index (χ4v) is 2.38. The number of hydrogen-bond acceptors (Lipinski definition) is 5. The number of anilines is 1. The minimum absolute atomic E-state index is 0.0771. The Labute approximate surface area is 141 Å². The zero-order chi connectivity index (χ0) is 17.3. The van der Waals surface area contributed by atoms with Crippen LogP contribution in [0.15, 0.2) is 54.9 Å². The zero-order valence-electron chi connectivity index (χ0n) is 12.2. The van der Waals surface area contributed by atoms with Crippen molar-refractivity contribution in [1.82, 2.24) is 9.55 Å². The van der Waals surface area contributed by atoms with E-state index in [0.717, 1.165) is 0 Å². The molecule has 7 nitrogen and oxygen atoms in total. The van der Waals surface area contributed by atoms with Crippen LogP contribution in [0.1, 0.15) is 16.1 Å². The van der Waals surface area contributed by atoms with Crippen molar-refractivity contribution in [3.05, 3.63) is 81.3 Å². The van der Waals surface area contributed by atoms with Crippen LogP contribution >= 0.6 is 11.6 Å². The van der Waals surface area contributed by atoms with Crippen molar-refractivity contribution in [2.24, 2.45) is 0 Å². The Morgan fingerprint density at radius 2 is 1.75 bits per heavy atom. The van der Waals surface area contributed by atoms with Gasteiger partial charge in [0.1, 0.15) is 12.0 Å². The lowest BCUT2D eigenvalue weighted by molar-refractivity contribution is -0.384. The Kier molecular flexibility index (Phi) is 4.01. The summed E-state index contributed by atoms with van der Waals surface area (Å²) in [4.78, 5) is 26.9. The lowest BCUT2D eigenvalue weighted by Crippen LogP contribution is -2.11. The van der Waals surface area contributed by atoms with E-state index >= 15 is 0 Å². The van der Waals surface area contributed by atoms with Crippen LogP contribution in [-0.4, -0.2) is 20.3 Å². The van der Waals surface area contributed by atoms with Gasteiger partial charge in [-0.1, -0.05) is 11.6 Å². The molecule has 0 saturated carbocycles. The van der Waals surface area contributed by atoms with Crippen LogP contribution in [-0.2, 0) is 0 Å². The fraction of sp³-hybridized carbons (Fsp3) is 0. The molecular formula is C16H11ClN4O3. The summed E-state index contributed by atoms with van der Waals surface area (Å²) in [6.45, 7) is 0. The van der Waals surface area contributed by atoms with Crippen molar-refractivity contribution in [3.8, 4) is 5.69 Å². The van der Waals surface area contributed by atoms with E-state index in [1.807, 2.05) is 0 Å². The normalized spacial score (nSPS) is 10.5. The van der Waals surface area contributed by atoms with Gasteiger partial charge in [0.25, 0.3) is 5.69 Å². The number of nitro benzene ring substituents is 1. The predicted molar refractivity (Wildman–Crippen MR) is 89.5 cm³/mol. The highest BCUT2D eigenvalue weighted by molar-refractivity contribution is 6.30. The van der Waals surface area contributed by atoms with Gasteiger partial charge in [0, 0.05) is 28.4 Å². The van der Waals surface area contributed by atoms with Crippen LogP contribution in [0.4, 0.5) is 11.5 Å². The Bertz CT molecular complexity index is 918. The first kappa shape index (κ1) is 15.7. The molecular weight excluding hydrogens is 332 g/mol. The summed E-state index contributed by atoms with van der Waals surface area (Å²) in [6.07, 6.45) is 1.44. The number of aromatic nitrogens is 2. The van der Waals surface area contributed by atoms with Gasteiger partial charge in [0.2, 0.25) is 5.78 Å². The number of rotatable bonds is 4. The van der Waals surface area contributed by atoms with E-state index in [2.05, 4.69) is 4.98 Å². The molecule has 1 aromatic heterocycles. The molecule has 1 heterocycles. The molecule has 0 aliphatic rings. The largest absolute Gasteiger partial charge is 0.382 e. The summed E-state index contributed by atoms with van der Waals surface area (Å²) in [6, 6.07) is 12.2. The number of carbonyl (C=O) groups excluding carboxylic acids is 1. The van der Waals surface area contributed by atoms with Gasteiger partial charge in [0.15, 0.2) is 5.82 Å². The van der Waals surface area contributed by atoms with Gasteiger partial charge in [-0.3, -0.25) is 19.5 Å². The Balaban J connectivity index is 2.02. The summed E-state index contributed by atoms with van der Waals surface area (Å²) < 4.78 is 1.55. The van der Waals surface area contributed by atoms with E-state index in [4.69, 9.17) is 17.3 Å². The molecule has 0 atom stereocenters. The number of non-ortho nitro benzene ring substituents is 1. The highest BCUT2D eigenvalue weighted by Gasteiger charge is 2.20. The van der Waals surface area contributed by atoms with Crippen molar-refractivity contribution in [3.63, 3.8) is 0 Å². The average molecular weight is 343 g/mol. The van der Waals surface area contributed by atoms with Crippen LogP contribution in [0.2, 0.25) is 5.02 Å². The van der Waals surface area contributed by atoms with E-state index in [1.54, 1.807) is 28.8 Å². The molecule has 3 rings (SSSR count). The Hall–Kier alpha value is -3.19. The molecule has 3 aromatic rings. The van der Waals surface area contributed by atoms with Gasteiger partial charge < -0.3 is 5.73 Å². The highest BCUT2D eigenvalue weighted by Crippen LogP contribution is 2.22. The lowest BCUT2D eigenvalue weighted by Gasteiger charge is -2.08. The molecule has 0 fully saturated rings. The lowest BCUT2D eigenvalue weighted by atomic mass is 10.1. The van der Waals surface area contributed by atoms with E-state index in [0.29, 0.717) is 10.7 Å². The van der Waals surface area contributed by atoms with Crippen molar-refractivity contribution in [2.45, 2.75) is 0 Å². The molecule has 0 amide bonds. The number of ketones is 1. The maximum Gasteiger partial charge on any atom is 0.269 e. The molecule has 120 valence electrons. The number of halogens is 1. The number of nitro groups is 1. The minimum atomic E-state index is -0.527. The number of nitrogens with two attached hydrogens (primary N) is 1.